The molecule has 1 aromatic carbocycles. The Morgan fingerprint density at radius 3 is 3.06 bits per heavy atom. The summed E-state index contributed by atoms with van der Waals surface area (Å²) in [6.45, 7) is 3.51. The van der Waals surface area contributed by atoms with Crippen LogP contribution in [0.4, 0.5) is 4.39 Å². The minimum absolute atomic E-state index is 0.167. The molecule has 2 rings (SSSR count). The number of hydrogen-bond acceptors (Lipinski definition) is 3. The first-order chi connectivity index (χ1) is 8.20. The summed E-state index contributed by atoms with van der Waals surface area (Å²) in [5.41, 5.74) is 6.69. The van der Waals surface area contributed by atoms with Gasteiger partial charge in [-0.3, -0.25) is 4.90 Å². The van der Waals surface area contributed by atoms with Crippen molar-refractivity contribution in [3.8, 4) is 0 Å². The van der Waals surface area contributed by atoms with Crippen LogP contribution in [0.25, 0.3) is 0 Å². The number of morpholine rings is 1. The molecule has 1 aliphatic heterocycles. The van der Waals surface area contributed by atoms with Crippen LogP contribution in [0.1, 0.15) is 5.56 Å². The maximum Gasteiger partial charge on any atom is 0.141 e. The predicted molar refractivity (Wildman–Crippen MR) is 65.5 cm³/mol. The Balaban J connectivity index is 2.05. The van der Waals surface area contributed by atoms with Crippen molar-refractivity contribution in [1.29, 1.82) is 0 Å². The number of benzene rings is 1. The van der Waals surface area contributed by atoms with E-state index in [0.717, 1.165) is 18.7 Å². The molecule has 17 heavy (non-hydrogen) atoms. The third kappa shape index (κ3) is 3.16. The van der Waals surface area contributed by atoms with E-state index in [0.29, 0.717) is 19.8 Å². The molecule has 0 spiro atoms. The van der Waals surface area contributed by atoms with Gasteiger partial charge in [0.2, 0.25) is 0 Å². The molecular formula is C12H16ClFN2O. The van der Waals surface area contributed by atoms with Gasteiger partial charge in [0, 0.05) is 25.7 Å². The Kier molecular flexibility index (Phi) is 4.34. The quantitative estimate of drug-likeness (QED) is 0.896. The summed E-state index contributed by atoms with van der Waals surface area (Å²) in [6.07, 6.45) is 0. The average Bonchev–Trinajstić information content (AvgIpc) is 2.34. The van der Waals surface area contributed by atoms with E-state index >= 15 is 0 Å². The van der Waals surface area contributed by atoms with Gasteiger partial charge >= 0.3 is 0 Å². The monoisotopic (exact) mass is 258 g/mol. The maximum atomic E-state index is 13.0. The fourth-order valence-corrected chi connectivity index (χ4v) is 2.19. The second-order valence-electron chi connectivity index (χ2n) is 4.18. The van der Waals surface area contributed by atoms with Gasteiger partial charge < -0.3 is 10.5 Å². The summed E-state index contributed by atoms with van der Waals surface area (Å²) in [6, 6.07) is 5.05. The van der Waals surface area contributed by atoms with Crippen molar-refractivity contribution in [2.24, 2.45) is 5.73 Å². The highest BCUT2D eigenvalue weighted by Crippen LogP contribution is 2.18. The molecule has 5 heteroatoms. The van der Waals surface area contributed by atoms with Crippen LogP contribution in [0, 0.1) is 5.82 Å². The molecule has 0 radical (unpaired) electrons. The average molecular weight is 259 g/mol. The minimum atomic E-state index is -0.382. The zero-order chi connectivity index (χ0) is 12.3. The van der Waals surface area contributed by atoms with Gasteiger partial charge in [-0.15, -0.1) is 0 Å². The van der Waals surface area contributed by atoms with E-state index in [9.17, 15) is 4.39 Å². The molecule has 1 atom stereocenters. The van der Waals surface area contributed by atoms with Gasteiger partial charge in [0.05, 0.1) is 18.2 Å². The van der Waals surface area contributed by atoms with Crippen molar-refractivity contribution in [3.63, 3.8) is 0 Å². The van der Waals surface area contributed by atoms with Gasteiger partial charge in [0.1, 0.15) is 5.82 Å². The van der Waals surface area contributed by atoms with Crippen LogP contribution in [0.3, 0.4) is 0 Å². The number of ether oxygens (including phenoxy) is 1. The highest BCUT2D eigenvalue weighted by atomic mass is 35.5. The highest BCUT2D eigenvalue weighted by molar-refractivity contribution is 6.30. The van der Waals surface area contributed by atoms with E-state index in [1.54, 1.807) is 12.1 Å². The smallest absolute Gasteiger partial charge is 0.141 e. The summed E-state index contributed by atoms with van der Waals surface area (Å²) in [5, 5.41) is 0.167. The van der Waals surface area contributed by atoms with Crippen molar-refractivity contribution < 1.29 is 9.13 Å². The normalized spacial score (nSPS) is 21.7. The van der Waals surface area contributed by atoms with E-state index in [1.165, 1.54) is 6.07 Å². The fraction of sp³-hybridized carbons (Fsp3) is 0.500. The predicted octanol–water partition coefficient (Wildman–Crippen LogP) is 1.64. The number of nitrogens with zero attached hydrogens (tertiary/aromatic N) is 1. The van der Waals surface area contributed by atoms with Gasteiger partial charge in [-0.05, 0) is 17.7 Å². The summed E-state index contributed by atoms with van der Waals surface area (Å²) >= 11 is 5.76. The zero-order valence-corrected chi connectivity index (χ0v) is 10.3. The van der Waals surface area contributed by atoms with Crippen LogP contribution >= 0.6 is 11.6 Å². The van der Waals surface area contributed by atoms with E-state index in [1.807, 2.05) is 0 Å². The molecule has 0 amide bonds. The van der Waals surface area contributed by atoms with Crippen molar-refractivity contribution >= 4 is 11.6 Å². The molecule has 1 unspecified atom stereocenters. The lowest BCUT2D eigenvalue weighted by atomic mass is 10.1. The molecule has 94 valence electrons. The molecule has 1 aliphatic rings. The Morgan fingerprint density at radius 1 is 1.53 bits per heavy atom. The van der Waals surface area contributed by atoms with Crippen molar-refractivity contribution in [2.45, 2.75) is 12.6 Å². The molecule has 0 aromatic heterocycles. The largest absolute Gasteiger partial charge is 0.378 e. The first kappa shape index (κ1) is 12.8. The molecular weight excluding hydrogens is 243 g/mol. The summed E-state index contributed by atoms with van der Waals surface area (Å²) in [4.78, 5) is 2.24. The number of rotatable bonds is 3. The molecule has 0 saturated carbocycles. The van der Waals surface area contributed by atoms with Crippen LogP contribution in [-0.4, -0.2) is 37.2 Å². The molecule has 0 aliphatic carbocycles. The Labute approximate surface area is 105 Å². The molecule has 1 saturated heterocycles. The lowest BCUT2D eigenvalue weighted by molar-refractivity contribution is -0.00793. The first-order valence-corrected chi connectivity index (χ1v) is 6.04. The third-order valence-corrected chi connectivity index (χ3v) is 3.28. The molecule has 1 heterocycles. The van der Waals surface area contributed by atoms with Crippen LogP contribution < -0.4 is 5.73 Å². The molecule has 1 fully saturated rings. The second-order valence-corrected chi connectivity index (χ2v) is 4.59. The maximum absolute atomic E-state index is 13.0. The zero-order valence-electron chi connectivity index (χ0n) is 9.53. The second kappa shape index (κ2) is 5.78. The first-order valence-electron chi connectivity index (χ1n) is 5.66. The lowest BCUT2D eigenvalue weighted by Crippen LogP contribution is -2.48. The lowest BCUT2D eigenvalue weighted by Gasteiger charge is -2.34. The Hall–Kier alpha value is -0.680. The standard InChI is InChI=1S/C12H16ClFN2O/c13-11-5-9(1-2-12(11)14)7-16-3-4-17-8-10(16)6-15/h1-2,5,10H,3-4,6-8,15H2. The van der Waals surface area contributed by atoms with Crippen LogP contribution in [-0.2, 0) is 11.3 Å². The Morgan fingerprint density at radius 2 is 2.35 bits per heavy atom. The summed E-state index contributed by atoms with van der Waals surface area (Å²) < 4.78 is 18.4. The van der Waals surface area contributed by atoms with E-state index < -0.39 is 0 Å². The summed E-state index contributed by atoms with van der Waals surface area (Å²) in [5.74, 6) is -0.382. The summed E-state index contributed by atoms with van der Waals surface area (Å²) in [7, 11) is 0. The number of halogens is 2. The molecule has 0 bridgehead atoms. The van der Waals surface area contributed by atoms with Gasteiger partial charge in [-0.25, -0.2) is 4.39 Å². The number of nitrogens with two attached hydrogens (primary N) is 1. The van der Waals surface area contributed by atoms with Gasteiger partial charge in [0.15, 0.2) is 0 Å². The third-order valence-electron chi connectivity index (χ3n) is 2.99. The van der Waals surface area contributed by atoms with Crippen LogP contribution in [0.15, 0.2) is 18.2 Å². The van der Waals surface area contributed by atoms with Gasteiger partial charge in [-0.2, -0.15) is 0 Å². The van der Waals surface area contributed by atoms with E-state index in [2.05, 4.69) is 4.90 Å². The van der Waals surface area contributed by atoms with E-state index in [-0.39, 0.29) is 16.9 Å². The van der Waals surface area contributed by atoms with Crippen molar-refractivity contribution in [2.75, 3.05) is 26.3 Å². The minimum Gasteiger partial charge on any atom is -0.378 e. The number of hydrogen-bond donors (Lipinski definition) is 1. The van der Waals surface area contributed by atoms with Crippen LogP contribution in [0.2, 0.25) is 5.02 Å². The molecule has 1 aromatic rings. The SMILES string of the molecule is NCC1COCCN1Cc1ccc(F)c(Cl)c1. The van der Waals surface area contributed by atoms with E-state index in [4.69, 9.17) is 22.1 Å². The topological polar surface area (TPSA) is 38.5 Å². The molecule has 2 N–H and O–H groups in total. The van der Waals surface area contributed by atoms with Crippen molar-refractivity contribution in [3.05, 3.63) is 34.6 Å². The van der Waals surface area contributed by atoms with Gasteiger partial charge in [0.25, 0.3) is 0 Å². The highest BCUT2D eigenvalue weighted by Gasteiger charge is 2.21. The van der Waals surface area contributed by atoms with Crippen LogP contribution in [0.5, 0.6) is 0 Å². The van der Waals surface area contributed by atoms with Crippen molar-refractivity contribution in [1.82, 2.24) is 4.90 Å². The van der Waals surface area contributed by atoms with Gasteiger partial charge in [-0.1, -0.05) is 17.7 Å². The molecule has 3 nitrogen and oxygen atoms in total. The fourth-order valence-electron chi connectivity index (χ4n) is 1.99. The Bertz CT molecular complexity index is 389.